The highest BCUT2D eigenvalue weighted by Crippen LogP contribution is 2.33. The summed E-state index contributed by atoms with van der Waals surface area (Å²) in [5.74, 6) is -1.84. The molecule has 9 aromatic carbocycles. The first-order chi connectivity index (χ1) is 60.5. The largest absolute Gasteiger partial charge is 0.492 e. The molecule has 6 heterocycles. The maximum atomic E-state index is 12.7. The van der Waals surface area contributed by atoms with Crippen LogP contribution in [0.15, 0.2) is 245 Å². The Morgan fingerprint density at radius 3 is 0.969 bits per heavy atom. The van der Waals surface area contributed by atoms with E-state index in [1.807, 2.05) is 210 Å². The lowest BCUT2D eigenvalue weighted by Gasteiger charge is -2.11. The van der Waals surface area contributed by atoms with Crippen molar-refractivity contribution in [1.29, 1.82) is 0 Å². The van der Waals surface area contributed by atoms with Crippen LogP contribution < -0.4 is 32.0 Å². The van der Waals surface area contributed by atoms with Crippen LogP contribution in [0.4, 0.5) is 11.4 Å². The Morgan fingerprint density at radius 1 is 0.354 bits per heavy atom. The fourth-order valence-electron chi connectivity index (χ4n) is 12.4. The van der Waals surface area contributed by atoms with E-state index in [9.17, 15) is 38.4 Å². The second-order valence-electron chi connectivity index (χ2n) is 28.1. The van der Waals surface area contributed by atoms with Crippen LogP contribution in [0.3, 0.4) is 0 Å². The maximum absolute atomic E-state index is 12.7. The first-order valence-electron chi connectivity index (χ1n) is 38.9. The van der Waals surface area contributed by atoms with Crippen LogP contribution in [0.25, 0.3) is 65.8 Å². The van der Waals surface area contributed by atoms with E-state index < -0.39 is 35.8 Å². The Labute approximate surface area is 746 Å². The quantitative estimate of drug-likeness (QED) is 0.0121. The number of carbonyl (C=O) groups is 8. The third kappa shape index (κ3) is 27.4. The topological polar surface area (TPSA) is 420 Å². The van der Waals surface area contributed by atoms with Gasteiger partial charge in [0.25, 0.3) is 5.91 Å². The van der Waals surface area contributed by atoms with E-state index in [0.29, 0.717) is 129 Å². The van der Waals surface area contributed by atoms with Gasteiger partial charge in [0, 0.05) is 97.2 Å². The summed E-state index contributed by atoms with van der Waals surface area (Å²) in [5.41, 5.74) is 27.2. The Kier molecular flexibility index (Phi) is 38.8. The number of amides is 1. The highest BCUT2D eigenvalue weighted by atomic mass is 79.9. The normalized spacial score (nSPS) is 10.5. The van der Waals surface area contributed by atoms with Crippen molar-refractivity contribution in [2.45, 2.75) is 38.8 Å². The number of furan rings is 6. The van der Waals surface area contributed by atoms with Gasteiger partial charge < -0.3 is 107 Å². The lowest BCUT2D eigenvalue weighted by Crippen LogP contribution is -2.29. The minimum absolute atomic E-state index is 0. The molecule has 0 aliphatic rings. The zero-order valence-corrected chi connectivity index (χ0v) is 74.7. The molecule has 127 heavy (non-hydrogen) atoms. The number of nitrogens with zero attached hydrogens (tertiary/aromatic N) is 3. The Balaban J connectivity index is 0.000000203. The third-order valence-electron chi connectivity index (χ3n) is 18.3. The number of nitrogens with two attached hydrogens (primary N) is 3. The molecule has 6 aromatic heterocycles. The van der Waals surface area contributed by atoms with Crippen molar-refractivity contribution in [2.75, 3.05) is 116 Å². The summed E-state index contributed by atoms with van der Waals surface area (Å²) in [5, 5.41) is 26.8. The van der Waals surface area contributed by atoms with Crippen molar-refractivity contribution in [1.82, 2.24) is 20.0 Å². The summed E-state index contributed by atoms with van der Waals surface area (Å²) >= 11 is 3.34. The van der Waals surface area contributed by atoms with Gasteiger partial charge in [0.15, 0.2) is 5.76 Å². The Hall–Kier alpha value is -14.2. The fraction of sp³-hybridized carbons (Fsp3) is 0.221. The fourth-order valence-corrected chi connectivity index (χ4v) is 12.9. The molecule has 0 radical (unpaired) electrons. The van der Waals surface area contributed by atoms with E-state index in [1.54, 1.807) is 79.7 Å². The zero-order chi connectivity index (χ0) is 91.7. The van der Waals surface area contributed by atoms with Crippen LogP contribution >= 0.6 is 28.3 Å². The smallest absolute Gasteiger partial charge is 0.374 e. The molecule has 30 nitrogen and oxygen atoms in total. The molecule has 1 amide bonds. The number of anilines is 2. The summed E-state index contributed by atoms with van der Waals surface area (Å²) in [4.78, 5) is 97.2. The number of hydrogen-bond donors (Lipinski definition) is 6. The number of ether oxygens (including phenoxy) is 7. The minimum atomic E-state index is -1.02. The van der Waals surface area contributed by atoms with Gasteiger partial charge in [0.2, 0.25) is 28.8 Å². The van der Waals surface area contributed by atoms with Gasteiger partial charge in [-0.3, -0.25) is 4.79 Å². The lowest BCUT2D eigenvalue weighted by atomic mass is 10.1. The predicted octanol–water partition coefficient (Wildman–Crippen LogP) is 17.7. The molecule has 668 valence electrons. The summed E-state index contributed by atoms with van der Waals surface area (Å²) in [6.45, 7) is 6.93. The van der Waals surface area contributed by atoms with Crippen LogP contribution in [0, 0.1) is 13.8 Å². The molecule has 0 fully saturated rings. The van der Waals surface area contributed by atoms with Gasteiger partial charge in [-0.1, -0.05) is 137 Å². The summed E-state index contributed by atoms with van der Waals surface area (Å²) in [6.07, 6.45) is 0. The molecule has 0 aliphatic carbocycles. The van der Waals surface area contributed by atoms with Gasteiger partial charge in [-0.25, -0.2) is 33.6 Å². The Morgan fingerprint density at radius 2 is 0.630 bits per heavy atom. The standard InChI is InChI=1S/C22H24N2O5.C13H15NO3.C12H13NO3.C11H9BrO3.C11H10O3.C10H13NO3.C10H8O3.C6H8N2.ClH/c1-24(2)14-18-17-6-4-5-7-19(17)29-20(18)21(25)23-12-13-28-16-10-8-15(9-11-16)22(26)27-3;1-14(2)8-10-9-6-4-5-7-11(9)17-12(10)13(15)16-3;1-13(2)7-9-8-5-3-4-6-10(8)16-11(9)12(14)15;1-14-11(13)10-8(6-12)7-4-2-3-5-9(7)15-10;1-7-8-5-3-4-6-9(8)14-10(7)11(12)13-2;1-13-10(12)8-2-4-9(5-3-8)14-7-6-11;1-6-7-4-2-3-5-8(7)13-9(6)10(11)12;7-5-3-1-2-4-6(5)8;/h4-11H,12-14H2,1-3H3,(H,23,25);4-7H,8H2,1-3H3;3-6H,7H2,1-2H3,(H,14,15);2-5H,6H2,1H3;3-6H,1-2H3;2-5H,6-7,11H2,1H3;2-5H,1H3,(H,11,12);1-4H,7-8H2;1H. The molecule has 0 unspecified atom stereocenters. The van der Waals surface area contributed by atoms with Gasteiger partial charge in [-0.15, -0.1) is 12.4 Å². The average molecular weight is 1820 g/mol. The van der Waals surface area contributed by atoms with E-state index in [0.717, 1.165) is 60.1 Å². The first kappa shape index (κ1) is 99.9. The number of methoxy groups -OCH3 is 5. The molecule has 15 aromatic rings. The van der Waals surface area contributed by atoms with Gasteiger partial charge in [0.05, 0.1) is 64.6 Å². The number of para-hydroxylation sites is 8. The third-order valence-corrected chi connectivity index (χ3v) is 18.9. The summed E-state index contributed by atoms with van der Waals surface area (Å²) in [6, 6.07) is 65.5. The number of fused-ring (bicyclic) bond motifs is 6. The van der Waals surface area contributed by atoms with Crippen LogP contribution in [0.1, 0.15) is 117 Å². The SMILES string of the molecule is CN(C)Cc1c(C(=O)O)oc2ccccc12.COC(=O)c1ccc(OCCN)cc1.COC(=O)c1ccc(OCCNC(=O)c2oc3ccccc3c2CN(C)C)cc1.COC(=O)c1oc2ccccc2c1C.COC(=O)c1oc2ccccc2c1CBr.COC(=O)c1oc2ccccc2c1CN(C)C.Cc1c(C(=O)O)oc2ccccc12.Cl.Nc1ccccc1N. The predicted molar refractivity (Wildman–Crippen MR) is 490 cm³/mol. The van der Waals surface area contributed by atoms with Crippen molar-refractivity contribution in [2.24, 2.45) is 5.73 Å². The number of nitrogen functional groups attached to an aromatic ring is 2. The van der Waals surface area contributed by atoms with Crippen LogP contribution in [0.2, 0.25) is 0 Å². The average Bonchev–Trinajstić information content (AvgIpc) is 1.71. The van der Waals surface area contributed by atoms with Crippen molar-refractivity contribution in [3.8, 4) is 11.5 Å². The van der Waals surface area contributed by atoms with Crippen LogP contribution in [0.5, 0.6) is 11.5 Å². The first-order valence-corrected chi connectivity index (χ1v) is 40.0. The second-order valence-corrected chi connectivity index (χ2v) is 28.6. The van der Waals surface area contributed by atoms with Gasteiger partial charge in [-0.2, -0.15) is 0 Å². The number of rotatable bonds is 22. The number of esters is 5. The lowest BCUT2D eigenvalue weighted by molar-refractivity contribution is 0.0557. The number of aromatic carboxylic acids is 2. The molecule has 15 rings (SSSR count). The molecule has 0 saturated heterocycles. The van der Waals surface area contributed by atoms with Gasteiger partial charge >= 0.3 is 41.8 Å². The van der Waals surface area contributed by atoms with Crippen molar-refractivity contribution < 1.29 is 108 Å². The molecule has 0 saturated carbocycles. The number of nitrogens with one attached hydrogen (secondary N) is 1. The molecule has 32 heteroatoms. The number of hydrogen-bond acceptors (Lipinski definition) is 27. The van der Waals surface area contributed by atoms with E-state index >= 15 is 0 Å². The van der Waals surface area contributed by atoms with Crippen molar-refractivity contribution in [3.05, 3.63) is 297 Å². The molecule has 9 N–H and O–H groups in total. The number of carboxylic acid groups (broad SMARTS) is 2. The zero-order valence-electron chi connectivity index (χ0n) is 72.3. The minimum Gasteiger partial charge on any atom is -0.492 e. The van der Waals surface area contributed by atoms with Gasteiger partial charge in [-0.05, 0) is 153 Å². The summed E-state index contributed by atoms with van der Waals surface area (Å²) in [7, 11) is 18.3. The monoisotopic (exact) mass is 1820 g/mol. The van der Waals surface area contributed by atoms with E-state index in [2.05, 4.69) is 40.2 Å². The van der Waals surface area contributed by atoms with Gasteiger partial charge in [0.1, 0.15) is 58.2 Å². The highest BCUT2D eigenvalue weighted by Gasteiger charge is 2.26. The van der Waals surface area contributed by atoms with E-state index in [-0.39, 0.29) is 53.9 Å². The number of halogens is 2. The number of carbonyl (C=O) groups excluding carboxylic acids is 6. The van der Waals surface area contributed by atoms with Crippen molar-refractivity contribution >= 4 is 153 Å². The number of carboxylic acids is 2. The van der Waals surface area contributed by atoms with Crippen LogP contribution in [-0.2, 0) is 48.6 Å². The number of benzene rings is 9. The molecular weight excluding hydrogens is 1720 g/mol. The molecule has 0 aliphatic heterocycles. The highest BCUT2D eigenvalue weighted by molar-refractivity contribution is 9.08. The summed E-state index contributed by atoms with van der Waals surface area (Å²) < 4.78 is 66.7. The van der Waals surface area contributed by atoms with Crippen molar-refractivity contribution in [3.63, 3.8) is 0 Å². The van der Waals surface area contributed by atoms with Crippen LogP contribution in [-0.4, -0.2) is 177 Å². The maximum Gasteiger partial charge on any atom is 0.374 e. The molecule has 0 bridgehead atoms. The van der Waals surface area contributed by atoms with E-state index in [1.165, 1.54) is 35.5 Å². The van der Waals surface area contributed by atoms with E-state index in [4.69, 9.17) is 68.1 Å². The molecule has 0 spiro atoms. The second kappa shape index (κ2) is 49.3. The number of alkyl halides is 1. The number of aryl methyl sites for hydroxylation is 2. The molecular formula is C95H101BrClN7O23. The Bertz CT molecular complexity index is 6160. The molecule has 0 atom stereocenters.